The lowest BCUT2D eigenvalue weighted by Crippen LogP contribution is -2.46. The van der Waals surface area contributed by atoms with Crippen LogP contribution in [-0.4, -0.2) is 39.6 Å². The normalized spacial score (nSPS) is 24.2. The molecule has 2 heterocycles. The van der Waals surface area contributed by atoms with E-state index in [2.05, 4.69) is 10.6 Å². The van der Waals surface area contributed by atoms with Crippen LogP contribution in [-0.2, 0) is 20.9 Å². The maximum Gasteiger partial charge on any atom is 0.244 e. The first-order valence-corrected chi connectivity index (χ1v) is 8.30. The van der Waals surface area contributed by atoms with Gasteiger partial charge >= 0.3 is 0 Å². The van der Waals surface area contributed by atoms with Gasteiger partial charge < -0.3 is 10.4 Å². The molecule has 3 amide bonds. The standard InChI is InChI=1S/C16H18ClN3O4/c17-7-14(22)18-11-4-1-3-9-10(11)8-20(16(9)24)12-5-2-6-13(21)19-15(12)23/h1,3-4,12,16,24H,2,5-8H2,(H,18,22)(H,19,21,23). The second kappa shape index (κ2) is 6.88. The molecule has 24 heavy (non-hydrogen) atoms. The lowest BCUT2D eigenvalue weighted by Gasteiger charge is -2.28. The molecule has 3 rings (SSSR count). The number of hydrogen-bond acceptors (Lipinski definition) is 5. The monoisotopic (exact) mass is 351 g/mol. The molecule has 1 aromatic rings. The van der Waals surface area contributed by atoms with E-state index in [-0.39, 0.29) is 17.7 Å². The highest BCUT2D eigenvalue weighted by atomic mass is 35.5. The second-order valence-corrected chi connectivity index (χ2v) is 6.19. The van der Waals surface area contributed by atoms with E-state index in [0.717, 1.165) is 5.56 Å². The number of alkyl halides is 1. The molecule has 7 nitrogen and oxygen atoms in total. The molecule has 0 radical (unpaired) electrons. The highest BCUT2D eigenvalue weighted by molar-refractivity contribution is 6.29. The van der Waals surface area contributed by atoms with Crippen LogP contribution in [0.1, 0.15) is 36.6 Å². The number of aliphatic hydroxyl groups is 1. The van der Waals surface area contributed by atoms with Crippen molar-refractivity contribution in [2.24, 2.45) is 0 Å². The Hall–Kier alpha value is -1.96. The van der Waals surface area contributed by atoms with Gasteiger partial charge in [-0.1, -0.05) is 12.1 Å². The maximum absolute atomic E-state index is 12.2. The molecule has 8 heteroatoms. The zero-order valence-electron chi connectivity index (χ0n) is 12.9. The molecule has 1 saturated heterocycles. The number of carbonyl (C=O) groups excluding carboxylic acids is 3. The molecule has 0 spiro atoms. The molecule has 2 unspecified atom stereocenters. The van der Waals surface area contributed by atoms with Gasteiger partial charge in [0.15, 0.2) is 0 Å². The van der Waals surface area contributed by atoms with Gasteiger partial charge in [-0.15, -0.1) is 11.6 Å². The van der Waals surface area contributed by atoms with Crippen molar-refractivity contribution >= 4 is 35.0 Å². The van der Waals surface area contributed by atoms with Gasteiger partial charge in [0.25, 0.3) is 0 Å². The van der Waals surface area contributed by atoms with Crippen LogP contribution in [0, 0.1) is 0 Å². The second-order valence-electron chi connectivity index (χ2n) is 5.92. The minimum absolute atomic E-state index is 0.164. The molecule has 2 aliphatic rings. The summed E-state index contributed by atoms with van der Waals surface area (Å²) in [4.78, 5) is 36.9. The summed E-state index contributed by atoms with van der Waals surface area (Å²) in [5, 5.41) is 15.7. The van der Waals surface area contributed by atoms with E-state index in [9.17, 15) is 19.5 Å². The summed E-state index contributed by atoms with van der Waals surface area (Å²) in [7, 11) is 0. The van der Waals surface area contributed by atoms with Crippen molar-refractivity contribution < 1.29 is 19.5 Å². The molecular formula is C16H18ClN3O4. The molecule has 0 bridgehead atoms. The molecule has 1 aromatic carbocycles. The highest BCUT2D eigenvalue weighted by Crippen LogP contribution is 2.38. The van der Waals surface area contributed by atoms with E-state index in [1.54, 1.807) is 23.1 Å². The summed E-state index contributed by atoms with van der Waals surface area (Å²) in [5.41, 5.74) is 1.97. The molecule has 0 saturated carbocycles. The van der Waals surface area contributed by atoms with Gasteiger partial charge in [-0.05, 0) is 24.5 Å². The number of hydrogen-bond donors (Lipinski definition) is 3. The van der Waals surface area contributed by atoms with Crippen LogP contribution < -0.4 is 10.6 Å². The highest BCUT2D eigenvalue weighted by Gasteiger charge is 2.39. The summed E-state index contributed by atoms with van der Waals surface area (Å²) in [5.74, 6) is -1.18. The van der Waals surface area contributed by atoms with Gasteiger partial charge in [-0.2, -0.15) is 0 Å². The first kappa shape index (κ1) is 16.9. The third kappa shape index (κ3) is 3.15. The minimum Gasteiger partial charge on any atom is -0.374 e. The van der Waals surface area contributed by atoms with E-state index in [4.69, 9.17) is 11.6 Å². The number of halogens is 1. The van der Waals surface area contributed by atoms with E-state index in [0.29, 0.717) is 37.1 Å². The zero-order chi connectivity index (χ0) is 17.3. The van der Waals surface area contributed by atoms with Crippen molar-refractivity contribution in [3.63, 3.8) is 0 Å². The van der Waals surface area contributed by atoms with Gasteiger partial charge in [0.05, 0.1) is 6.04 Å². The van der Waals surface area contributed by atoms with Crippen LogP contribution in [0.4, 0.5) is 5.69 Å². The number of carbonyl (C=O) groups is 3. The number of anilines is 1. The summed E-state index contributed by atoms with van der Waals surface area (Å²) in [6, 6.07) is 4.63. The number of nitrogens with one attached hydrogen (secondary N) is 2. The predicted octanol–water partition coefficient (Wildman–Crippen LogP) is 0.866. The Balaban J connectivity index is 1.86. The quantitative estimate of drug-likeness (QED) is 0.554. The molecule has 0 aliphatic carbocycles. The van der Waals surface area contributed by atoms with Gasteiger partial charge in [-0.25, -0.2) is 0 Å². The average molecular weight is 352 g/mol. The van der Waals surface area contributed by atoms with E-state index < -0.39 is 18.2 Å². The SMILES string of the molecule is O=C1CCCC(N2Cc3c(NC(=O)CCl)cccc3C2O)C(=O)N1. The van der Waals surface area contributed by atoms with Crippen molar-refractivity contribution in [3.05, 3.63) is 29.3 Å². The molecule has 0 aromatic heterocycles. The van der Waals surface area contributed by atoms with Gasteiger partial charge in [0.1, 0.15) is 12.1 Å². The van der Waals surface area contributed by atoms with Gasteiger partial charge in [0, 0.05) is 24.2 Å². The Morgan fingerprint density at radius 2 is 2.21 bits per heavy atom. The number of imide groups is 1. The Bertz CT molecular complexity index is 694. The number of nitrogens with zero attached hydrogens (tertiary/aromatic N) is 1. The summed E-state index contributed by atoms with van der Waals surface area (Å²) in [6.45, 7) is 0.307. The molecule has 2 aliphatic heterocycles. The van der Waals surface area contributed by atoms with Crippen molar-refractivity contribution in [3.8, 4) is 0 Å². The Morgan fingerprint density at radius 1 is 1.42 bits per heavy atom. The molecule has 3 N–H and O–H groups in total. The van der Waals surface area contributed by atoms with Crippen LogP contribution >= 0.6 is 11.6 Å². The fraction of sp³-hybridized carbons (Fsp3) is 0.438. The number of aliphatic hydroxyl groups excluding tert-OH is 1. The Kier molecular flexibility index (Phi) is 4.84. The van der Waals surface area contributed by atoms with Gasteiger partial charge in [-0.3, -0.25) is 24.6 Å². The van der Waals surface area contributed by atoms with Crippen molar-refractivity contribution in [1.29, 1.82) is 0 Å². The van der Waals surface area contributed by atoms with Crippen molar-refractivity contribution in [2.45, 2.75) is 38.1 Å². The molecule has 2 atom stereocenters. The number of amides is 3. The lowest BCUT2D eigenvalue weighted by molar-refractivity contribution is -0.135. The topological polar surface area (TPSA) is 98.7 Å². The Morgan fingerprint density at radius 3 is 2.96 bits per heavy atom. The minimum atomic E-state index is -0.961. The number of rotatable bonds is 3. The molecule has 128 valence electrons. The van der Waals surface area contributed by atoms with E-state index in [1.807, 2.05) is 0 Å². The fourth-order valence-corrected chi connectivity index (χ4v) is 3.31. The summed E-state index contributed by atoms with van der Waals surface area (Å²) in [6.07, 6.45) is 0.414. The van der Waals surface area contributed by atoms with Crippen molar-refractivity contribution in [2.75, 3.05) is 11.2 Å². The Labute approximate surface area is 144 Å². The third-order valence-corrected chi connectivity index (χ3v) is 4.63. The first-order chi connectivity index (χ1) is 11.5. The number of fused-ring (bicyclic) bond motifs is 1. The van der Waals surface area contributed by atoms with E-state index in [1.165, 1.54) is 0 Å². The van der Waals surface area contributed by atoms with Crippen LogP contribution in [0.2, 0.25) is 0 Å². The van der Waals surface area contributed by atoms with Gasteiger partial charge in [0.2, 0.25) is 17.7 Å². The summed E-state index contributed by atoms with van der Waals surface area (Å²) >= 11 is 5.53. The molecule has 1 fully saturated rings. The average Bonchev–Trinajstić information content (AvgIpc) is 2.79. The predicted molar refractivity (Wildman–Crippen MR) is 87.1 cm³/mol. The smallest absolute Gasteiger partial charge is 0.244 e. The maximum atomic E-state index is 12.2. The van der Waals surface area contributed by atoms with Crippen LogP contribution in [0.3, 0.4) is 0 Å². The molecular weight excluding hydrogens is 334 g/mol. The zero-order valence-corrected chi connectivity index (χ0v) is 13.7. The van der Waals surface area contributed by atoms with Crippen LogP contribution in [0.15, 0.2) is 18.2 Å². The van der Waals surface area contributed by atoms with E-state index >= 15 is 0 Å². The van der Waals surface area contributed by atoms with Crippen LogP contribution in [0.5, 0.6) is 0 Å². The van der Waals surface area contributed by atoms with Crippen LogP contribution in [0.25, 0.3) is 0 Å². The lowest BCUT2D eigenvalue weighted by atomic mass is 10.1. The fourth-order valence-electron chi connectivity index (χ4n) is 3.24. The summed E-state index contributed by atoms with van der Waals surface area (Å²) < 4.78 is 0. The first-order valence-electron chi connectivity index (χ1n) is 7.76. The third-order valence-electron chi connectivity index (χ3n) is 4.39. The largest absolute Gasteiger partial charge is 0.374 e. The number of benzene rings is 1. The van der Waals surface area contributed by atoms with Crippen molar-refractivity contribution in [1.82, 2.24) is 10.2 Å².